The number of hydrogen-bond acceptors (Lipinski definition) is 0. The molecule has 0 N–H and O–H groups in total. The average molecular weight is 172 g/mol. The van der Waals surface area contributed by atoms with E-state index in [1.165, 1.54) is 0 Å². The van der Waals surface area contributed by atoms with E-state index in [0.717, 1.165) is 19.3 Å². The molecule has 0 atom stereocenters. The van der Waals surface area contributed by atoms with Crippen molar-refractivity contribution >= 4 is 0 Å². The maximum absolute atomic E-state index is 7.97. The molecule has 0 aliphatic carbocycles. The molecule has 0 radical (unpaired) electrons. The Hall–Kier alpha value is 0. The van der Waals surface area contributed by atoms with Crippen LogP contribution in [0.2, 0.25) is 0 Å². The summed E-state index contributed by atoms with van der Waals surface area (Å²) in [6.07, 6.45) is 2.05. The van der Waals surface area contributed by atoms with Gasteiger partial charge >= 0.3 is 0 Å². The van der Waals surface area contributed by atoms with E-state index in [4.69, 9.17) is 2.74 Å². The van der Waals surface area contributed by atoms with Crippen LogP contribution >= 0.6 is 0 Å². The summed E-state index contributed by atoms with van der Waals surface area (Å²) in [5.41, 5.74) is -0.135. The van der Waals surface area contributed by atoms with Gasteiger partial charge in [0.05, 0.1) is 0 Å². The molecule has 0 bridgehead atoms. The number of rotatable bonds is 5. The molecule has 0 unspecified atom stereocenters. The minimum atomic E-state index is -1.12. The lowest BCUT2D eigenvalue weighted by Gasteiger charge is -2.45. The van der Waals surface area contributed by atoms with Crippen molar-refractivity contribution in [2.24, 2.45) is 10.8 Å². The van der Waals surface area contributed by atoms with Crippen LogP contribution in [-0.4, -0.2) is 0 Å². The molecule has 0 aliphatic heterocycles. The molecule has 74 valence electrons. The van der Waals surface area contributed by atoms with Gasteiger partial charge in [0.25, 0.3) is 0 Å². The fourth-order valence-corrected chi connectivity index (χ4v) is 2.34. The third-order valence-corrected chi connectivity index (χ3v) is 3.98. The summed E-state index contributed by atoms with van der Waals surface area (Å²) in [5.74, 6) is 0. The zero-order valence-electron chi connectivity index (χ0n) is 11.6. The highest BCUT2D eigenvalue weighted by molar-refractivity contribution is 4.89. The summed E-state index contributed by atoms with van der Waals surface area (Å²) >= 11 is 0. The molecule has 0 amide bonds. The molecule has 0 fully saturated rings. The Morgan fingerprint density at radius 2 is 1.25 bits per heavy atom. The highest BCUT2D eigenvalue weighted by atomic mass is 14.4. The van der Waals surface area contributed by atoms with Crippen LogP contribution in [0.25, 0.3) is 0 Å². The second-order valence-corrected chi connectivity index (χ2v) is 4.22. The molecule has 0 rings (SSSR count). The van der Waals surface area contributed by atoms with E-state index in [9.17, 15) is 0 Å². The SMILES string of the molecule is [2H]C([2H])(C)C(C)(C)C(CC)(CC)CC. The van der Waals surface area contributed by atoms with E-state index in [1.807, 2.05) is 0 Å². The summed E-state index contributed by atoms with van der Waals surface area (Å²) < 4.78 is 15.9. The van der Waals surface area contributed by atoms with Crippen LogP contribution in [-0.2, 0) is 0 Å². The molecule has 0 aromatic heterocycles. The minimum Gasteiger partial charge on any atom is -0.0649 e. The van der Waals surface area contributed by atoms with Gasteiger partial charge in [0, 0.05) is 2.74 Å². The molecule has 0 heteroatoms. The fraction of sp³-hybridized carbons (Fsp3) is 1.00. The maximum Gasteiger partial charge on any atom is 0.0269 e. The third kappa shape index (κ3) is 1.84. The lowest BCUT2D eigenvalue weighted by Crippen LogP contribution is -2.35. The van der Waals surface area contributed by atoms with Crippen molar-refractivity contribution in [2.75, 3.05) is 0 Å². The van der Waals surface area contributed by atoms with E-state index in [-0.39, 0.29) is 10.8 Å². The molecule has 0 aromatic carbocycles. The number of hydrogen-bond donors (Lipinski definition) is 0. The summed E-state index contributed by atoms with van der Waals surface area (Å²) in [4.78, 5) is 0. The Balaban J connectivity index is 5.19. The Labute approximate surface area is 81.6 Å². The van der Waals surface area contributed by atoms with Gasteiger partial charge in [-0.05, 0) is 30.1 Å². The first-order valence-electron chi connectivity index (χ1n) is 6.18. The highest BCUT2D eigenvalue weighted by Gasteiger charge is 2.38. The van der Waals surface area contributed by atoms with Gasteiger partial charge < -0.3 is 0 Å². The molecule has 0 spiro atoms. The van der Waals surface area contributed by atoms with Crippen molar-refractivity contribution < 1.29 is 2.74 Å². The maximum atomic E-state index is 7.97. The Morgan fingerprint density at radius 1 is 0.917 bits per heavy atom. The zero-order valence-corrected chi connectivity index (χ0v) is 9.62. The Kier molecular flexibility index (Phi) is 3.08. The predicted octanol–water partition coefficient (Wildman–Crippen LogP) is 4.64. The molecule has 0 nitrogen and oxygen atoms in total. The topological polar surface area (TPSA) is 0 Å². The van der Waals surface area contributed by atoms with E-state index in [1.54, 1.807) is 6.92 Å². The van der Waals surface area contributed by atoms with Gasteiger partial charge in [-0.15, -0.1) is 0 Å². The van der Waals surface area contributed by atoms with Crippen LogP contribution in [0.5, 0.6) is 0 Å². The van der Waals surface area contributed by atoms with E-state index >= 15 is 0 Å². The van der Waals surface area contributed by atoms with Gasteiger partial charge in [-0.25, -0.2) is 0 Å². The first-order valence-corrected chi connectivity index (χ1v) is 5.18. The highest BCUT2D eigenvalue weighted by Crippen LogP contribution is 2.49. The average Bonchev–Trinajstić information content (AvgIpc) is 2.06. The predicted molar refractivity (Wildman–Crippen MR) is 57.4 cm³/mol. The zero-order chi connectivity index (χ0) is 11.6. The molecule has 0 aliphatic rings. The van der Waals surface area contributed by atoms with Gasteiger partial charge in [-0.1, -0.05) is 47.9 Å². The fourth-order valence-electron chi connectivity index (χ4n) is 2.34. The van der Waals surface area contributed by atoms with E-state index in [0.29, 0.717) is 0 Å². The van der Waals surface area contributed by atoms with Crippen LogP contribution in [0, 0.1) is 10.8 Å². The van der Waals surface area contributed by atoms with Crippen LogP contribution in [0.3, 0.4) is 0 Å². The molecular formula is C12H26. The molecule has 0 saturated heterocycles. The normalized spacial score (nSPS) is 17.2. The van der Waals surface area contributed by atoms with Crippen molar-refractivity contribution in [1.29, 1.82) is 0 Å². The molecule has 12 heavy (non-hydrogen) atoms. The standard InChI is InChI=1S/C12H26/c1-7-11(5,6)12(8-2,9-3)10-4/h7-10H2,1-6H3/i7D2. The molecule has 0 heterocycles. The van der Waals surface area contributed by atoms with Gasteiger partial charge in [0.1, 0.15) is 0 Å². The smallest absolute Gasteiger partial charge is 0.0269 e. The van der Waals surface area contributed by atoms with E-state index < -0.39 is 6.37 Å². The van der Waals surface area contributed by atoms with Gasteiger partial charge in [0.15, 0.2) is 0 Å². The Bertz CT molecular complexity index is 165. The first-order chi connectivity index (χ1) is 6.18. The molecule has 0 saturated carbocycles. The minimum absolute atomic E-state index is 0.130. The van der Waals surface area contributed by atoms with Crippen molar-refractivity contribution in [2.45, 2.75) is 67.2 Å². The van der Waals surface area contributed by atoms with Crippen LogP contribution in [0.4, 0.5) is 0 Å². The molecular weight excluding hydrogens is 144 g/mol. The third-order valence-electron chi connectivity index (χ3n) is 3.98. The van der Waals surface area contributed by atoms with Gasteiger partial charge in [-0.2, -0.15) is 0 Å². The van der Waals surface area contributed by atoms with Gasteiger partial charge in [0.2, 0.25) is 0 Å². The summed E-state index contributed by atoms with van der Waals surface area (Å²) in [5, 5.41) is 0. The largest absolute Gasteiger partial charge is 0.0649 e. The summed E-state index contributed by atoms with van der Waals surface area (Å²) in [7, 11) is 0. The van der Waals surface area contributed by atoms with E-state index in [2.05, 4.69) is 34.6 Å². The van der Waals surface area contributed by atoms with Crippen LogP contribution in [0.1, 0.15) is 69.9 Å². The van der Waals surface area contributed by atoms with Crippen molar-refractivity contribution in [3.8, 4) is 0 Å². The lowest BCUT2D eigenvalue weighted by molar-refractivity contribution is 0.0481. The van der Waals surface area contributed by atoms with Crippen molar-refractivity contribution in [1.82, 2.24) is 0 Å². The van der Waals surface area contributed by atoms with Crippen molar-refractivity contribution in [3.05, 3.63) is 0 Å². The second-order valence-electron chi connectivity index (χ2n) is 4.22. The lowest BCUT2D eigenvalue weighted by atomic mass is 9.60. The van der Waals surface area contributed by atoms with Crippen LogP contribution in [0.15, 0.2) is 0 Å². The molecule has 0 aromatic rings. The van der Waals surface area contributed by atoms with Crippen LogP contribution < -0.4 is 0 Å². The summed E-state index contributed by atoms with van der Waals surface area (Å²) in [6.45, 7) is 12.4. The van der Waals surface area contributed by atoms with Gasteiger partial charge in [-0.3, -0.25) is 0 Å². The first kappa shape index (κ1) is 8.59. The quantitative estimate of drug-likeness (QED) is 0.567. The summed E-state index contributed by atoms with van der Waals surface area (Å²) in [6, 6.07) is 0. The monoisotopic (exact) mass is 172 g/mol. The Morgan fingerprint density at radius 3 is 1.33 bits per heavy atom. The second kappa shape index (κ2) is 4.30. The van der Waals surface area contributed by atoms with Crippen molar-refractivity contribution in [3.63, 3.8) is 0 Å².